The van der Waals surface area contributed by atoms with Crippen molar-refractivity contribution in [3.8, 4) is 0 Å². The Morgan fingerprint density at radius 3 is 0.884 bits per heavy atom. The van der Waals surface area contributed by atoms with Crippen LogP contribution < -0.4 is 123 Å². The first-order chi connectivity index (χ1) is 55.9. The molecule has 0 fully saturated rings. The Morgan fingerprint density at radius 1 is 0.355 bits per heavy atom. The Kier molecular flexibility index (Phi) is 43.6. The lowest BCUT2D eigenvalue weighted by atomic mass is 9.91. The third-order valence-corrected chi connectivity index (χ3v) is 18.8. The zero-order valence-corrected chi connectivity index (χ0v) is 72.1. The highest BCUT2D eigenvalue weighted by atomic mass is 16.2. The van der Waals surface area contributed by atoms with E-state index in [1.165, 1.54) is 145 Å². The molecular formula is C75H123N23O23. The van der Waals surface area contributed by atoms with E-state index in [0.717, 1.165) is 6.08 Å². The van der Waals surface area contributed by atoms with Crippen LogP contribution in [0, 0.1) is 0 Å². The van der Waals surface area contributed by atoms with Crippen LogP contribution in [0.15, 0.2) is 24.8 Å². The Bertz CT molecular complexity index is 3920. The fourth-order valence-corrected chi connectivity index (χ4v) is 10.3. The molecule has 21 atom stereocenters. The zero-order chi connectivity index (χ0) is 93.2. The molecule has 0 aromatic heterocycles. The van der Waals surface area contributed by atoms with Gasteiger partial charge in [0.2, 0.25) is 136 Å². The van der Waals surface area contributed by atoms with Crippen LogP contribution in [0.4, 0.5) is 0 Å². The molecule has 23 amide bonds. The number of amides is 23. The summed E-state index contributed by atoms with van der Waals surface area (Å²) in [5, 5.41) is 53.2. The fourth-order valence-electron chi connectivity index (χ4n) is 10.3. The summed E-state index contributed by atoms with van der Waals surface area (Å²) in [5.74, 6) is -19.1. The van der Waals surface area contributed by atoms with Crippen molar-refractivity contribution in [2.75, 3.05) is 6.54 Å². The molecule has 46 heteroatoms. The van der Waals surface area contributed by atoms with E-state index in [0.29, 0.717) is 0 Å². The molecule has 0 saturated heterocycles. The SMILES string of the molecule is C=CC(=O)N[C@@H](C)C(=O)NC(C)C(=O)N[C@@H](C)C(=O)NC(C)C(=O)N[C@@H](C)C(=O)NC(C)C(=O)N[C@@H](C)C(=O)NC(C)C(=O)N[C@@H](C)C(=O)N[C@@]1(C)CCC/C=C\CC[C@@](C)(C(=O)N[C@@H](C)C(=O)NC(C)C(=O)N[C@@H](C)C(=O)NC(C)C(=O)N[C@@H](C)C(=O)NC(C)C(=O)N[C@@H](C)C(=O)NC(C)C(N)=O)NC(=O)[C@H](C)NC(=O)CNC(=O)[C@H](C)NC1=O. The maximum Gasteiger partial charge on any atom is 0.246 e. The van der Waals surface area contributed by atoms with Gasteiger partial charge in [-0.25, -0.2) is 0 Å². The summed E-state index contributed by atoms with van der Waals surface area (Å²) in [5.41, 5.74) is 1.52. The monoisotopic (exact) mass is 1710 g/mol. The van der Waals surface area contributed by atoms with Crippen molar-refractivity contribution in [1.82, 2.24) is 117 Å². The highest BCUT2D eigenvalue weighted by Crippen LogP contribution is 2.19. The van der Waals surface area contributed by atoms with Crippen LogP contribution in [-0.4, -0.2) is 268 Å². The molecule has 1 aliphatic heterocycles. The third-order valence-electron chi connectivity index (χ3n) is 18.8. The number of hydrogen-bond acceptors (Lipinski definition) is 23. The van der Waals surface area contributed by atoms with E-state index < -0.39 is 268 Å². The summed E-state index contributed by atoms with van der Waals surface area (Å²) in [7, 11) is 0. The molecule has 0 aliphatic carbocycles. The second-order valence-electron chi connectivity index (χ2n) is 30.2. The van der Waals surface area contributed by atoms with Crippen molar-refractivity contribution in [3.05, 3.63) is 24.8 Å². The van der Waals surface area contributed by atoms with E-state index in [-0.39, 0.29) is 32.1 Å². The van der Waals surface area contributed by atoms with Crippen molar-refractivity contribution >= 4 is 136 Å². The molecular weight excluding hydrogens is 1590 g/mol. The second kappa shape index (κ2) is 49.6. The average molecular weight is 1710 g/mol. The topological polar surface area (TPSA) is 683 Å². The van der Waals surface area contributed by atoms with Gasteiger partial charge in [0.1, 0.15) is 126 Å². The van der Waals surface area contributed by atoms with Gasteiger partial charge in [0.15, 0.2) is 0 Å². The Hall–Kier alpha value is -12.7. The van der Waals surface area contributed by atoms with Gasteiger partial charge in [-0.15, -0.1) is 0 Å². The van der Waals surface area contributed by atoms with Gasteiger partial charge in [-0.05, 0) is 184 Å². The average Bonchev–Trinajstić information content (AvgIpc) is 0.831. The lowest BCUT2D eigenvalue weighted by Crippen LogP contribution is -2.63. The van der Waals surface area contributed by atoms with Crippen LogP contribution >= 0.6 is 0 Å². The van der Waals surface area contributed by atoms with Crippen LogP contribution in [0.5, 0.6) is 0 Å². The molecule has 1 heterocycles. The van der Waals surface area contributed by atoms with E-state index in [4.69, 9.17) is 5.73 Å². The standard InChI is InChI=1S/C75H123N23O23/c1-23-51(99)78-34(4)55(103)81-36(6)57(105)83-38(8)59(107)85-40(10)61(109)87-41(11)62(110)88-43(13)64(112)90-45(15)66(114)92-47(17)68(116)94-50(20)71(119)98-74(21)29-27-25-24-26-28-30-75(22,97-70(118)49(19)79-52(100)31-77-54(102)33(3)95-72(74)120)73(121)96-48(18)69(117)93-46(16)67(115)91-44(14)65(113)89-42(12)63(111)86-39(9)60(108)84-37(7)58(106)82-35(5)56(104)80-32(2)53(76)101/h23-24,26,32-50H,1,25,27-31H2,2-22H3,(H2,76,101)(H,77,102)(H,78,99)(H,79,100)(H,80,104)(H,81,103)(H,82,106)(H,83,105)(H,84,108)(H,85,107)(H,86,111)(H,87,109)(H,88,110)(H,89,113)(H,90,112)(H,91,115)(H,92,114)(H,93,117)(H,94,116)(H,95,120)(H,96,121)(H,97,118)(H,98,119)/b26-24-/t32?,33-,34-,35-,36?,37?,38-,39-,40?,41-,42?,43?,44-,45-,46?,47?,48-,49-,50-,74-,75-/m0/s1. The van der Waals surface area contributed by atoms with Gasteiger partial charge >= 0.3 is 0 Å². The maximum absolute atomic E-state index is 14.2. The van der Waals surface area contributed by atoms with Gasteiger partial charge in [0.25, 0.3) is 0 Å². The molecule has 1 rings (SSSR count). The Morgan fingerprint density at radius 2 is 0.603 bits per heavy atom. The summed E-state index contributed by atoms with van der Waals surface area (Å²) >= 11 is 0. The lowest BCUT2D eigenvalue weighted by Gasteiger charge is -2.32. The number of hydrogen-bond donors (Lipinski definition) is 23. The summed E-state index contributed by atoms with van der Waals surface area (Å²) < 4.78 is 0. The molecule has 0 bridgehead atoms. The highest BCUT2D eigenvalue weighted by molar-refractivity contribution is 6.03. The van der Waals surface area contributed by atoms with Crippen molar-refractivity contribution in [2.45, 2.75) is 303 Å². The van der Waals surface area contributed by atoms with E-state index in [1.54, 1.807) is 12.2 Å². The molecule has 0 aromatic rings. The van der Waals surface area contributed by atoms with Crippen molar-refractivity contribution in [1.29, 1.82) is 0 Å². The van der Waals surface area contributed by atoms with Gasteiger partial charge in [0, 0.05) is 0 Å². The first kappa shape index (κ1) is 106. The van der Waals surface area contributed by atoms with Crippen molar-refractivity contribution in [2.24, 2.45) is 5.73 Å². The number of carbonyl (C=O) groups is 23. The molecule has 0 saturated carbocycles. The van der Waals surface area contributed by atoms with Crippen molar-refractivity contribution < 1.29 is 110 Å². The molecule has 0 aromatic carbocycles. The van der Waals surface area contributed by atoms with Crippen LogP contribution in [0.1, 0.15) is 178 Å². The quantitative estimate of drug-likeness (QED) is 0.0203. The summed E-state index contributed by atoms with van der Waals surface area (Å²) in [6.45, 7) is 29.9. The van der Waals surface area contributed by atoms with Crippen molar-refractivity contribution in [3.63, 3.8) is 0 Å². The Balaban J connectivity index is 3.03. The molecule has 8 unspecified atom stereocenters. The number of nitrogens with one attached hydrogen (secondary N) is 22. The summed E-state index contributed by atoms with van der Waals surface area (Å²) in [6.07, 6.45) is 4.55. The van der Waals surface area contributed by atoms with Crippen LogP contribution in [0.3, 0.4) is 0 Å². The number of allylic oxidation sites excluding steroid dienone is 2. The molecule has 676 valence electrons. The second-order valence-corrected chi connectivity index (χ2v) is 30.2. The number of carbonyl (C=O) groups excluding carboxylic acids is 23. The smallest absolute Gasteiger partial charge is 0.246 e. The third kappa shape index (κ3) is 36.6. The maximum atomic E-state index is 14.2. The Labute approximate surface area is 701 Å². The molecule has 24 N–H and O–H groups in total. The van der Waals surface area contributed by atoms with Crippen LogP contribution in [0.25, 0.3) is 0 Å². The van der Waals surface area contributed by atoms with E-state index >= 15 is 0 Å². The van der Waals surface area contributed by atoms with E-state index in [2.05, 4.69) is 124 Å². The minimum Gasteiger partial charge on any atom is -0.368 e. The predicted molar refractivity (Wildman–Crippen MR) is 432 cm³/mol. The number of primary amides is 1. The molecule has 0 spiro atoms. The normalized spacial score (nSPS) is 21.0. The fraction of sp³-hybridized carbons (Fsp3) is 0.640. The number of nitrogens with two attached hydrogens (primary N) is 1. The van der Waals surface area contributed by atoms with Gasteiger partial charge in [0.05, 0.1) is 6.54 Å². The minimum atomic E-state index is -1.82. The first-order valence-corrected chi connectivity index (χ1v) is 39.2. The van der Waals surface area contributed by atoms with E-state index in [1.807, 2.05) is 0 Å². The van der Waals surface area contributed by atoms with E-state index in [9.17, 15) is 110 Å². The molecule has 0 radical (unpaired) electrons. The summed E-state index contributed by atoms with van der Waals surface area (Å²) in [4.78, 5) is 300. The molecule has 1 aliphatic rings. The largest absolute Gasteiger partial charge is 0.368 e. The van der Waals surface area contributed by atoms with Gasteiger partial charge < -0.3 is 123 Å². The minimum absolute atomic E-state index is 0.0865. The molecule has 46 nitrogen and oxygen atoms in total. The first-order valence-electron chi connectivity index (χ1n) is 39.2. The van der Waals surface area contributed by atoms with Crippen LogP contribution in [0.2, 0.25) is 0 Å². The van der Waals surface area contributed by atoms with Gasteiger partial charge in [-0.2, -0.15) is 0 Å². The molecule has 121 heavy (non-hydrogen) atoms. The van der Waals surface area contributed by atoms with Gasteiger partial charge in [-0.1, -0.05) is 18.7 Å². The van der Waals surface area contributed by atoms with Crippen LogP contribution in [-0.2, 0) is 110 Å². The zero-order valence-electron chi connectivity index (χ0n) is 72.1. The number of rotatable bonds is 37. The predicted octanol–water partition coefficient (Wildman–Crippen LogP) is -9.37. The highest BCUT2D eigenvalue weighted by Gasteiger charge is 2.41. The lowest BCUT2D eigenvalue weighted by molar-refractivity contribution is -0.137. The van der Waals surface area contributed by atoms with Gasteiger partial charge in [-0.3, -0.25) is 110 Å². The summed E-state index contributed by atoms with van der Waals surface area (Å²) in [6, 6.07) is -23.9.